The summed E-state index contributed by atoms with van der Waals surface area (Å²) >= 11 is 0. The monoisotopic (exact) mass is 336 g/mol. The van der Waals surface area contributed by atoms with E-state index >= 15 is 0 Å². The fourth-order valence-electron chi connectivity index (χ4n) is 3.30. The van der Waals surface area contributed by atoms with Crippen molar-refractivity contribution in [3.8, 4) is 11.8 Å². The first-order chi connectivity index (χ1) is 11.4. The van der Waals surface area contributed by atoms with Gasteiger partial charge in [0.25, 0.3) is 8.32 Å². The molecule has 2 rings (SSSR count). The Balaban J connectivity index is 2.59. The molecule has 2 aromatic rings. The van der Waals surface area contributed by atoms with Crippen LogP contribution in [0.1, 0.15) is 34.6 Å². The van der Waals surface area contributed by atoms with Crippen molar-refractivity contribution >= 4 is 18.7 Å². The summed E-state index contributed by atoms with van der Waals surface area (Å²) in [5.74, 6) is 6.46. The van der Waals surface area contributed by atoms with Crippen molar-refractivity contribution in [1.29, 1.82) is 0 Å². The minimum Gasteiger partial charge on any atom is -0.406 e. The lowest BCUT2D eigenvalue weighted by atomic mass is 10.2. The molecule has 0 unspecified atom stereocenters. The Morgan fingerprint density at radius 2 is 1.38 bits per heavy atom. The highest BCUT2D eigenvalue weighted by atomic mass is 28.4. The Hall–Kier alpha value is -1.82. The fraction of sp³-hybridized carbons (Fsp3) is 0.364. The lowest BCUT2D eigenvalue weighted by molar-refractivity contribution is 0.271. The molecule has 0 amide bonds. The highest BCUT2D eigenvalue weighted by Crippen LogP contribution is 2.36. The van der Waals surface area contributed by atoms with E-state index in [9.17, 15) is 0 Å². The number of hydrogen-bond acceptors (Lipinski definition) is 1. The second kappa shape index (κ2) is 7.83. The van der Waals surface area contributed by atoms with Crippen LogP contribution in [0.5, 0.6) is 0 Å². The minimum atomic E-state index is -2.41. The van der Waals surface area contributed by atoms with Crippen LogP contribution < -0.4 is 10.4 Å². The van der Waals surface area contributed by atoms with Gasteiger partial charge in [-0.3, -0.25) is 0 Å². The molecule has 1 atom stereocenters. The molecule has 1 nitrogen and oxygen atoms in total. The highest BCUT2D eigenvalue weighted by molar-refractivity contribution is 6.99. The van der Waals surface area contributed by atoms with Crippen LogP contribution in [0.3, 0.4) is 0 Å². The molecule has 0 saturated heterocycles. The summed E-state index contributed by atoms with van der Waals surface area (Å²) in [6, 6.07) is 21.5. The van der Waals surface area contributed by atoms with E-state index in [4.69, 9.17) is 4.43 Å². The first-order valence-corrected chi connectivity index (χ1v) is 10.5. The maximum Gasteiger partial charge on any atom is 0.261 e. The molecule has 0 aromatic heterocycles. The second-order valence-corrected chi connectivity index (χ2v) is 11.6. The molecule has 0 saturated carbocycles. The molecule has 0 bridgehead atoms. The molecule has 0 aliphatic heterocycles. The minimum absolute atomic E-state index is 0.0229. The summed E-state index contributed by atoms with van der Waals surface area (Å²) in [7, 11) is -2.41. The van der Waals surface area contributed by atoms with E-state index in [0.29, 0.717) is 6.61 Å². The van der Waals surface area contributed by atoms with E-state index in [2.05, 4.69) is 100 Å². The average molecular weight is 337 g/mol. The molecule has 0 spiro atoms. The van der Waals surface area contributed by atoms with Crippen LogP contribution in [0.4, 0.5) is 0 Å². The number of hydrogen-bond donors (Lipinski definition) is 0. The summed E-state index contributed by atoms with van der Waals surface area (Å²) in [5.41, 5.74) is 0. The van der Waals surface area contributed by atoms with Gasteiger partial charge in [-0.15, -0.1) is 5.92 Å². The quantitative estimate of drug-likeness (QED) is 0.587. The van der Waals surface area contributed by atoms with Gasteiger partial charge in [-0.2, -0.15) is 0 Å². The topological polar surface area (TPSA) is 9.23 Å². The van der Waals surface area contributed by atoms with Gasteiger partial charge in [0.05, 0.1) is 0 Å². The standard InChI is InChI=1S/C22H28OSi/c1-6-13-19(2)18-23-24(22(3,4)5,20-14-9-7-10-15-20)21-16-11-8-12-17-21/h7-12,14-17,19H,18H2,1-5H3/t19-/m0/s1. The van der Waals surface area contributed by atoms with Crippen molar-refractivity contribution in [2.24, 2.45) is 5.92 Å². The normalized spacial score (nSPS) is 13.0. The van der Waals surface area contributed by atoms with Crippen LogP contribution in [-0.4, -0.2) is 14.9 Å². The van der Waals surface area contributed by atoms with Crippen LogP contribution in [0, 0.1) is 17.8 Å². The molecule has 24 heavy (non-hydrogen) atoms. The van der Waals surface area contributed by atoms with Gasteiger partial charge in [-0.25, -0.2) is 0 Å². The summed E-state index contributed by atoms with van der Waals surface area (Å²) in [5, 5.41) is 2.66. The molecule has 0 N–H and O–H groups in total. The van der Waals surface area contributed by atoms with E-state index in [1.165, 1.54) is 10.4 Å². The van der Waals surface area contributed by atoms with Crippen molar-refractivity contribution in [1.82, 2.24) is 0 Å². The Morgan fingerprint density at radius 3 is 1.75 bits per heavy atom. The lowest BCUT2D eigenvalue weighted by Gasteiger charge is -2.43. The molecule has 2 heteroatoms. The molecule has 0 heterocycles. The van der Waals surface area contributed by atoms with Crippen LogP contribution in [-0.2, 0) is 4.43 Å². The summed E-state index contributed by atoms with van der Waals surface area (Å²) in [6.45, 7) is 11.6. The molecule has 0 fully saturated rings. The van der Waals surface area contributed by atoms with E-state index < -0.39 is 8.32 Å². The second-order valence-electron chi connectivity index (χ2n) is 7.27. The van der Waals surface area contributed by atoms with E-state index in [-0.39, 0.29) is 11.0 Å². The SMILES string of the molecule is CC#C[C@H](C)CO[Si](c1ccccc1)(c1ccccc1)C(C)(C)C. The molecule has 0 aliphatic carbocycles. The van der Waals surface area contributed by atoms with Crippen molar-refractivity contribution < 1.29 is 4.43 Å². The third kappa shape index (κ3) is 3.80. The third-order valence-corrected chi connectivity index (χ3v) is 9.36. The van der Waals surface area contributed by atoms with Crippen LogP contribution in [0.15, 0.2) is 60.7 Å². The Kier molecular flexibility index (Phi) is 6.04. The highest BCUT2D eigenvalue weighted by Gasteiger charge is 2.50. The van der Waals surface area contributed by atoms with E-state index in [1.807, 2.05) is 6.92 Å². The lowest BCUT2D eigenvalue weighted by Crippen LogP contribution is -2.66. The zero-order valence-electron chi connectivity index (χ0n) is 15.5. The van der Waals surface area contributed by atoms with Crippen molar-refractivity contribution in [3.05, 3.63) is 60.7 Å². The molecular weight excluding hydrogens is 308 g/mol. The van der Waals surface area contributed by atoms with Gasteiger partial charge in [-0.1, -0.05) is 87.4 Å². The summed E-state index contributed by atoms with van der Waals surface area (Å²) in [6.07, 6.45) is 0. The first-order valence-electron chi connectivity index (χ1n) is 8.59. The predicted octanol–water partition coefficient (Wildman–Crippen LogP) is 4.22. The van der Waals surface area contributed by atoms with Crippen LogP contribution >= 0.6 is 0 Å². The molecule has 2 aromatic carbocycles. The van der Waals surface area contributed by atoms with Gasteiger partial charge in [0.2, 0.25) is 0 Å². The zero-order valence-corrected chi connectivity index (χ0v) is 16.5. The Bertz CT molecular complexity index is 650. The summed E-state index contributed by atoms with van der Waals surface area (Å²) in [4.78, 5) is 0. The summed E-state index contributed by atoms with van der Waals surface area (Å²) < 4.78 is 6.82. The first kappa shape index (κ1) is 18.5. The maximum atomic E-state index is 6.82. The Labute approximate surface area is 148 Å². The van der Waals surface area contributed by atoms with E-state index in [1.54, 1.807) is 0 Å². The Morgan fingerprint density at radius 1 is 0.917 bits per heavy atom. The third-order valence-electron chi connectivity index (χ3n) is 4.36. The number of rotatable bonds is 5. The smallest absolute Gasteiger partial charge is 0.261 e. The number of benzene rings is 2. The van der Waals surface area contributed by atoms with Gasteiger partial charge in [0, 0.05) is 12.5 Å². The average Bonchev–Trinajstić information content (AvgIpc) is 2.56. The predicted molar refractivity (Wildman–Crippen MR) is 106 cm³/mol. The van der Waals surface area contributed by atoms with Gasteiger partial charge >= 0.3 is 0 Å². The van der Waals surface area contributed by atoms with Crippen molar-refractivity contribution in [2.75, 3.05) is 6.61 Å². The molecule has 0 aliphatic rings. The van der Waals surface area contributed by atoms with Crippen LogP contribution in [0.25, 0.3) is 0 Å². The van der Waals surface area contributed by atoms with Crippen molar-refractivity contribution in [3.63, 3.8) is 0 Å². The zero-order chi connectivity index (χ0) is 17.6. The van der Waals surface area contributed by atoms with Crippen molar-refractivity contribution in [2.45, 2.75) is 39.7 Å². The molecule has 126 valence electrons. The van der Waals surface area contributed by atoms with E-state index in [0.717, 1.165) is 0 Å². The fourth-order valence-corrected chi connectivity index (χ4v) is 7.96. The largest absolute Gasteiger partial charge is 0.406 e. The maximum absolute atomic E-state index is 6.82. The van der Waals surface area contributed by atoms with Gasteiger partial charge in [0.15, 0.2) is 0 Å². The van der Waals surface area contributed by atoms with Gasteiger partial charge in [0.1, 0.15) is 0 Å². The van der Waals surface area contributed by atoms with Gasteiger partial charge < -0.3 is 4.43 Å². The van der Waals surface area contributed by atoms with Gasteiger partial charge in [-0.05, 0) is 29.3 Å². The van der Waals surface area contributed by atoms with Crippen LogP contribution in [0.2, 0.25) is 5.04 Å². The molecule has 0 radical (unpaired) electrons. The molecular formula is C22H28OSi.